The van der Waals surface area contributed by atoms with Crippen molar-refractivity contribution in [2.45, 2.75) is 32.0 Å². The Balaban J connectivity index is 2.06. The van der Waals surface area contributed by atoms with E-state index in [9.17, 15) is 23.1 Å². The Hall–Kier alpha value is -2.94. The van der Waals surface area contributed by atoms with Crippen LogP contribution in [-0.4, -0.2) is 38.8 Å². The molecule has 2 aromatic heterocycles. The second-order valence-electron chi connectivity index (χ2n) is 7.08. The van der Waals surface area contributed by atoms with Crippen molar-refractivity contribution >= 4 is 16.9 Å². The van der Waals surface area contributed by atoms with Crippen LogP contribution < -0.4 is 10.6 Å². The number of rotatable bonds is 3. The van der Waals surface area contributed by atoms with Crippen molar-refractivity contribution in [3.63, 3.8) is 0 Å². The van der Waals surface area contributed by atoms with Crippen LogP contribution in [0.5, 0.6) is 0 Å². The summed E-state index contributed by atoms with van der Waals surface area (Å²) >= 11 is 0. The summed E-state index contributed by atoms with van der Waals surface area (Å²) in [5.41, 5.74) is -0.762. The number of halogens is 3. The van der Waals surface area contributed by atoms with Gasteiger partial charge in [0.05, 0.1) is 23.7 Å². The molecular weight excluding hydrogens is 385 g/mol. The molecule has 3 aromatic rings. The highest BCUT2D eigenvalue weighted by molar-refractivity contribution is 5.88. The molecule has 9 heteroatoms. The third-order valence-electron chi connectivity index (χ3n) is 5.23. The Morgan fingerprint density at radius 2 is 1.93 bits per heavy atom. The molecule has 0 bridgehead atoms. The zero-order chi connectivity index (χ0) is 20.8. The maximum Gasteiger partial charge on any atom is 0.433 e. The number of hydrogen-bond acceptors (Lipinski definition) is 5. The van der Waals surface area contributed by atoms with Gasteiger partial charge in [-0.3, -0.25) is 0 Å². The first-order chi connectivity index (χ1) is 13.8. The summed E-state index contributed by atoms with van der Waals surface area (Å²) in [7, 11) is 0. The highest BCUT2D eigenvalue weighted by atomic mass is 19.4. The van der Waals surface area contributed by atoms with Gasteiger partial charge in [-0.15, -0.1) is 0 Å². The average molecular weight is 404 g/mol. The van der Waals surface area contributed by atoms with E-state index in [4.69, 9.17) is 0 Å². The molecule has 1 saturated heterocycles. The summed E-state index contributed by atoms with van der Waals surface area (Å²) in [5.74, 6) is 0.257. The molecule has 1 N–H and O–H groups in total. The minimum Gasteiger partial charge on any atom is -0.394 e. The van der Waals surface area contributed by atoms with Crippen LogP contribution in [0.1, 0.15) is 24.1 Å². The number of para-hydroxylation sites is 1. The van der Waals surface area contributed by atoms with Gasteiger partial charge in [0.1, 0.15) is 11.5 Å². The lowest BCUT2D eigenvalue weighted by molar-refractivity contribution is -0.141. The Morgan fingerprint density at radius 3 is 2.62 bits per heavy atom. The van der Waals surface area contributed by atoms with Crippen LogP contribution in [0.4, 0.5) is 19.0 Å². The van der Waals surface area contributed by atoms with Gasteiger partial charge in [0.25, 0.3) is 0 Å². The Bertz CT molecular complexity index is 1130. The summed E-state index contributed by atoms with van der Waals surface area (Å²) in [6.07, 6.45) is -3.14. The summed E-state index contributed by atoms with van der Waals surface area (Å²) in [5, 5.41) is 9.98. The van der Waals surface area contributed by atoms with E-state index < -0.39 is 17.6 Å². The van der Waals surface area contributed by atoms with E-state index in [1.165, 1.54) is 6.07 Å². The molecule has 6 nitrogen and oxygen atoms in total. The number of alkyl halides is 3. The van der Waals surface area contributed by atoms with Gasteiger partial charge in [-0.05, 0) is 43.5 Å². The lowest BCUT2D eigenvalue weighted by atomic mass is 10.2. The van der Waals surface area contributed by atoms with Crippen molar-refractivity contribution in [1.82, 2.24) is 14.5 Å². The molecule has 0 saturated carbocycles. The van der Waals surface area contributed by atoms with Crippen LogP contribution in [-0.2, 0) is 6.18 Å². The standard InChI is InChI=1S/C20H19F3N4O2/c1-12-5-2-3-7-15(12)27-18-14(8-9-16(24-18)20(21,22)23)17(25-19(27)29)26-10-4-6-13(26)11-28/h2-3,5,7-9,13,28H,4,6,10-11H2,1H3/t13-/m1/s1. The average Bonchev–Trinajstić information content (AvgIpc) is 3.16. The molecule has 152 valence electrons. The fourth-order valence-corrected chi connectivity index (χ4v) is 3.80. The first-order valence-electron chi connectivity index (χ1n) is 9.26. The van der Waals surface area contributed by atoms with E-state index in [1.54, 1.807) is 36.1 Å². The Morgan fingerprint density at radius 1 is 1.17 bits per heavy atom. The molecule has 29 heavy (non-hydrogen) atoms. The van der Waals surface area contributed by atoms with Gasteiger partial charge in [0.2, 0.25) is 0 Å². The molecule has 1 fully saturated rings. The monoisotopic (exact) mass is 404 g/mol. The number of nitrogens with zero attached hydrogens (tertiary/aromatic N) is 4. The molecule has 4 rings (SSSR count). The second kappa shape index (κ2) is 7.14. The van der Waals surface area contributed by atoms with Crippen molar-refractivity contribution in [2.24, 2.45) is 0 Å². The summed E-state index contributed by atoms with van der Waals surface area (Å²) in [6, 6.07) is 8.84. The summed E-state index contributed by atoms with van der Waals surface area (Å²) < 4.78 is 41.1. The molecule has 1 aromatic carbocycles. The normalized spacial score (nSPS) is 17.3. The molecule has 0 unspecified atom stereocenters. The quantitative estimate of drug-likeness (QED) is 0.727. The van der Waals surface area contributed by atoms with Gasteiger partial charge < -0.3 is 10.0 Å². The number of aryl methyl sites for hydroxylation is 1. The molecule has 1 atom stereocenters. The van der Waals surface area contributed by atoms with Crippen molar-refractivity contribution < 1.29 is 18.3 Å². The number of aliphatic hydroxyl groups excluding tert-OH is 1. The molecule has 0 aliphatic carbocycles. The van der Waals surface area contributed by atoms with Crippen molar-refractivity contribution in [1.29, 1.82) is 0 Å². The first-order valence-corrected chi connectivity index (χ1v) is 9.26. The van der Waals surface area contributed by atoms with Crippen molar-refractivity contribution in [2.75, 3.05) is 18.1 Å². The van der Waals surface area contributed by atoms with Crippen LogP contribution in [0.2, 0.25) is 0 Å². The Kier molecular flexibility index (Phi) is 4.77. The third kappa shape index (κ3) is 3.35. The number of pyridine rings is 1. The van der Waals surface area contributed by atoms with Crippen LogP contribution in [0.3, 0.4) is 0 Å². The smallest absolute Gasteiger partial charge is 0.394 e. The zero-order valence-electron chi connectivity index (χ0n) is 15.6. The predicted molar refractivity (Wildman–Crippen MR) is 102 cm³/mol. The zero-order valence-corrected chi connectivity index (χ0v) is 15.6. The number of hydrogen-bond donors (Lipinski definition) is 1. The molecule has 1 aliphatic rings. The minimum absolute atomic E-state index is 0.104. The van der Waals surface area contributed by atoms with Gasteiger partial charge in [-0.25, -0.2) is 14.3 Å². The van der Waals surface area contributed by atoms with Crippen molar-refractivity contribution in [3.05, 3.63) is 58.1 Å². The van der Waals surface area contributed by atoms with Gasteiger partial charge in [-0.1, -0.05) is 18.2 Å². The molecule has 3 heterocycles. The van der Waals surface area contributed by atoms with E-state index >= 15 is 0 Å². The number of fused-ring (bicyclic) bond motifs is 1. The van der Waals surface area contributed by atoms with Gasteiger partial charge >= 0.3 is 11.9 Å². The van der Waals surface area contributed by atoms with Gasteiger partial charge in [0.15, 0.2) is 5.65 Å². The SMILES string of the molecule is Cc1ccccc1-n1c(=O)nc(N2CCC[C@@H]2CO)c2ccc(C(F)(F)F)nc21. The topological polar surface area (TPSA) is 71.2 Å². The largest absolute Gasteiger partial charge is 0.433 e. The highest BCUT2D eigenvalue weighted by Crippen LogP contribution is 2.33. The number of anilines is 1. The van der Waals surface area contributed by atoms with Gasteiger partial charge in [-0.2, -0.15) is 18.2 Å². The van der Waals surface area contributed by atoms with E-state index in [2.05, 4.69) is 9.97 Å². The number of benzene rings is 1. The van der Waals surface area contributed by atoms with E-state index in [0.717, 1.165) is 17.1 Å². The number of aromatic nitrogens is 3. The lowest BCUT2D eigenvalue weighted by Crippen LogP contribution is -2.36. The fraction of sp³-hybridized carbons (Fsp3) is 0.350. The van der Waals surface area contributed by atoms with Crippen LogP contribution in [0.15, 0.2) is 41.2 Å². The predicted octanol–water partition coefficient (Wildman–Crippen LogP) is 3.07. The lowest BCUT2D eigenvalue weighted by Gasteiger charge is -2.26. The minimum atomic E-state index is -4.65. The molecule has 0 radical (unpaired) electrons. The van der Waals surface area contributed by atoms with Gasteiger partial charge in [0, 0.05) is 6.54 Å². The maximum atomic E-state index is 13.3. The van der Waals surface area contributed by atoms with Crippen molar-refractivity contribution in [3.8, 4) is 5.69 Å². The van der Waals surface area contributed by atoms with E-state index in [-0.39, 0.29) is 24.1 Å². The fourth-order valence-electron chi connectivity index (χ4n) is 3.80. The van der Waals surface area contributed by atoms with Crippen LogP contribution >= 0.6 is 0 Å². The third-order valence-corrected chi connectivity index (χ3v) is 5.23. The first kappa shape index (κ1) is 19.4. The highest BCUT2D eigenvalue weighted by Gasteiger charge is 2.34. The second-order valence-corrected chi connectivity index (χ2v) is 7.08. The molecule has 0 amide bonds. The Labute approximate surface area is 164 Å². The van der Waals surface area contributed by atoms with Crippen LogP contribution in [0.25, 0.3) is 16.7 Å². The number of aliphatic hydroxyl groups is 1. The van der Waals surface area contributed by atoms with Crippen LogP contribution in [0, 0.1) is 6.92 Å². The maximum absolute atomic E-state index is 13.3. The van der Waals surface area contributed by atoms with E-state index in [1.807, 2.05) is 0 Å². The van der Waals surface area contributed by atoms with E-state index in [0.29, 0.717) is 29.6 Å². The summed E-state index contributed by atoms with van der Waals surface area (Å²) in [4.78, 5) is 22.7. The molecular formula is C20H19F3N4O2. The molecule has 0 spiro atoms. The molecule has 1 aliphatic heterocycles. The summed E-state index contributed by atoms with van der Waals surface area (Å²) in [6.45, 7) is 2.19.